The number of nitrogens with one attached hydrogen (secondary N) is 1. The first-order chi connectivity index (χ1) is 9.87. The number of rotatable bonds is 4. The molecule has 1 saturated heterocycles. The lowest BCUT2D eigenvalue weighted by Gasteiger charge is -2.30. The maximum atomic E-state index is 12.5. The van der Waals surface area contributed by atoms with Crippen molar-refractivity contribution in [1.29, 1.82) is 0 Å². The van der Waals surface area contributed by atoms with Gasteiger partial charge in [0.25, 0.3) is 10.0 Å². The molecule has 1 aliphatic heterocycles. The third-order valence-corrected chi connectivity index (χ3v) is 6.53. The fraction of sp³-hybridized carbons (Fsp3) is 0.545. The summed E-state index contributed by atoms with van der Waals surface area (Å²) in [7, 11) is -2.44. The molecule has 1 aromatic rings. The van der Waals surface area contributed by atoms with Gasteiger partial charge in [-0.25, -0.2) is 18.2 Å². The molecule has 2 heterocycles. The molecule has 0 bridgehead atoms. The van der Waals surface area contributed by atoms with E-state index in [4.69, 9.17) is 5.11 Å². The Morgan fingerprint density at radius 1 is 1.52 bits per heavy atom. The first-order valence-corrected chi connectivity index (χ1v) is 8.58. The second kappa shape index (κ2) is 6.08. The molecule has 0 saturated carbocycles. The van der Waals surface area contributed by atoms with Crippen molar-refractivity contribution < 1.29 is 23.1 Å². The van der Waals surface area contributed by atoms with Crippen molar-refractivity contribution in [1.82, 2.24) is 14.6 Å². The SMILES string of the molecule is CNC(=O)C1CCCN(S(=O)(=O)c2scnc2C(=O)O)C1. The van der Waals surface area contributed by atoms with Crippen LogP contribution in [-0.2, 0) is 14.8 Å². The minimum absolute atomic E-state index is 0.0545. The lowest BCUT2D eigenvalue weighted by atomic mass is 9.99. The fourth-order valence-corrected chi connectivity index (χ4v) is 5.06. The molecule has 1 unspecified atom stereocenters. The van der Waals surface area contributed by atoms with Gasteiger partial charge in [0.1, 0.15) is 0 Å². The van der Waals surface area contributed by atoms with Crippen LogP contribution in [0.5, 0.6) is 0 Å². The van der Waals surface area contributed by atoms with Crippen LogP contribution in [-0.4, -0.2) is 54.8 Å². The minimum atomic E-state index is -3.94. The van der Waals surface area contributed by atoms with Crippen LogP contribution in [0.4, 0.5) is 0 Å². The zero-order valence-corrected chi connectivity index (χ0v) is 12.9. The highest BCUT2D eigenvalue weighted by atomic mass is 32.2. The molecule has 116 valence electrons. The van der Waals surface area contributed by atoms with E-state index in [2.05, 4.69) is 10.3 Å². The van der Waals surface area contributed by atoms with E-state index in [0.29, 0.717) is 12.8 Å². The van der Waals surface area contributed by atoms with Crippen molar-refractivity contribution >= 4 is 33.2 Å². The highest BCUT2D eigenvalue weighted by Gasteiger charge is 2.36. The van der Waals surface area contributed by atoms with Gasteiger partial charge in [-0.3, -0.25) is 4.79 Å². The van der Waals surface area contributed by atoms with Crippen molar-refractivity contribution in [2.45, 2.75) is 17.1 Å². The second-order valence-corrected chi connectivity index (χ2v) is 7.60. The van der Waals surface area contributed by atoms with Gasteiger partial charge in [-0.1, -0.05) is 0 Å². The lowest BCUT2D eigenvalue weighted by Crippen LogP contribution is -2.44. The molecule has 2 N–H and O–H groups in total. The van der Waals surface area contributed by atoms with Crippen LogP contribution in [0, 0.1) is 5.92 Å². The second-order valence-electron chi connectivity index (χ2n) is 4.61. The van der Waals surface area contributed by atoms with Crippen LogP contribution in [0.2, 0.25) is 0 Å². The molecule has 0 aromatic carbocycles. The van der Waals surface area contributed by atoms with Crippen molar-refractivity contribution in [3.8, 4) is 0 Å². The van der Waals surface area contributed by atoms with Crippen LogP contribution in [0.3, 0.4) is 0 Å². The van der Waals surface area contributed by atoms with Crippen LogP contribution in [0.15, 0.2) is 9.72 Å². The molecule has 1 aliphatic rings. The van der Waals surface area contributed by atoms with Crippen LogP contribution in [0.25, 0.3) is 0 Å². The Bertz CT molecular complexity index is 655. The third kappa shape index (κ3) is 3.06. The molecular formula is C11H15N3O5S2. The van der Waals surface area contributed by atoms with Crippen molar-refractivity contribution in [3.63, 3.8) is 0 Å². The largest absolute Gasteiger partial charge is 0.476 e. The van der Waals surface area contributed by atoms with Gasteiger partial charge in [-0.15, -0.1) is 11.3 Å². The molecule has 21 heavy (non-hydrogen) atoms. The molecule has 1 atom stereocenters. The van der Waals surface area contributed by atoms with E-state index < -0.39 is 27.6 Å². The molecule has 0 radical (unpaired) electrons. The van der Waals surface area contributed by atoms with Gasteiger partial charge >= 0.3 is 5.97 Å². The quantitative estimate of drug-likeness (QED) is 0.800. The van der Waals surface area contributed by atoms with E-state index >= 15 is 0 Å². The third-order valence-electron chi connectivity index (χ3n) is 3.31. The number of thiazole rings is 1. The first-order valence-electron chi connectivity index (χ1n) is 6.26. The molecule has 10 heteroatoms. The van der Waals surface area contributed by atoms with E-state index in [-0.39, 0.29) is 23.2 Å². The van der Waals surface area contributed by atoms with Gasteiger partial charge in [-0.2, -0.15) is 4.31 Å². The monoisotopic (exact) mass is 333 g/mol. The Morgan fingerprint density at radius 3 is 2.86 bits per heavy atom. The predicted octanol–water partition coefficient (Wildman–Crippen LogP) is -0.0120. The van der Waals surface area contributed by atoms with E-state index in [0.717, 1.165) is 15.6 Å². The Kier molecular flexibility index (Phi) is 4.59. The van der Waals surface area contributed by atoms with Gasteiger partial charge in [-0.05, 0) is 12.8 Å². The standard InChI is InChI=1S/C11H15N3O5S2/c1-12-9(15)7-3-2-4-14(5-7)21(18,19)11-8(10(16)17)13-6-20-11/h6-7H,2-5H2,1H3,(H,12,15)(H,16,17). The summed E-state index contributed by atoms with van der Waals surface area (Å²) >= 11 is 0.772. The number of piperidine rings is 1. The molecule has 0 aliphatic carbocycles. The summed E-state index contributed by atoms with van der Waals surface area (Å²) in [6.07, 6.45) is 1.17. The Morgan fingerprint density at radius 2 is 2.24 bits per heavy atom. The summed E-state index contributed by atoms with van der Waals surface area (Å²) in [6, 6.07) is 0. The number of carbonyl (C=O) groups excluding carboxylic acids is 1. The van der Waals surface area contributed by atoms with E-state index in [1.165, 1.54) is 12.6 Å². The summed E-state index contributed by atoms with van der Waals surface area (Å²) < 4.78 is 25.9. The number of carboxylic acids is 1. The Balaban J connectivity index is 2.29. The molecule has 1 aromatic heterocycles. The van der Waals surface area contributed by atoms with Crippen molar-refractivity contribution in [2.75, 3.05) is 20.1 Å². The normalized spacial score (nSPS) is 20.1. The average Bonchev–Trinajstić information content (AvgIpc) is 2.97. The smallest absolute Gasteiger partial charge is 0.356 e. The number of carbonyl (C=O) groups is 2. The predicted molar refractivity (Wildman–Crippen MR) is 74.6 cm³/mol. The molecular weight excluding hydrogens is 318 g/mol. The highest BCUT2D eigenvalue weighted by molar-refractivity contribution is 7.91. The zero-order valence-electron chi connectivity index (χ0n) is 11.3. The molecule has 0 spiro atoms. The zero-order chi connectivity index (χ0) is 15.6. The van der Waals surface area contributed by atoms with E-state index in [9.17, 15) is 18.0 Å². The Hall–Kier alpha value is -1.52. The van der Waals surface area contributed by atoms with Gasteiger partial charge in [0.05, 0.1) is 11.4 Å². The number of sulfonamides is 1. The maximum absolute atomic E-state index is 12.5. The topological polar surface area (TPSA) is 117 Å². The molecule has 1 amide bonds. The minimum Gasteiger partial charge on any atom is -0.476 e. The van der Waals surface area contributed by atoms with E-state index in [1.54, 1.807) is 0 Å². The van der Waals surface area contributed by atoms with E-state index in [1.807, 2.05) is 0 Å². The number of hydrogen-bond acceptors (Lipinski definition) is 6. The number of aromatic nitrogens is 1. The summed E-state index contributed by atoms with van der Waals surface area (Å²) in [5.74, 6) is -2.01. The van der Waals surface area contributed by atoms with Gasteiger partial charge in [0.2, 0.25) is 5.91 Å². The summed E-state index contributed by atoms with van der Waals surface area (Å²) in [4.78, 5) is 26.3. The summed E-state index contributed by atoms with van der Waals surface area (Å²) in [6.45, 7) is 0.325. The fourth-order valence-electron chi connectivity index (χ4n) is 2.26. The summed E-state index contributed by atoms with van der Waals surface area (Å²) in [5.41, 5.74) is 0.721. The lowest BCUT2D eigenvalue weighted by molar-refractivity contribution is -0.125. The van der Waals surface area contributed by atoms with Gasteiger partial charge < -0.3 is 10.4 Å². The van der Waals surface area contributed by atoms with Crippen molar-refractivity contribution in [2.24, 2.45) is 5.92 Å². The van der Waals surface area contributed by atoms with Crippen LogP contribution in [0.1, 0.15) is 23.3 Å². The molecule has 8 nitrogen and oxygen atoms in total. The number of nitrogens with zero attached hydrogens (tertiary/aromatic N) is 2. The van der Waals surface area contributed by atoms with Gasteiger partial charge in [0, 0.05) is 20.1 Å². The average molecular weight is 333 g/mol. The number of hydrogen-bond donors (Lipinski definition) is 2. The number of aromatic carboxylic acids is 1. The van der Waals surface area contributed by atoms with Crippen molar-refractivity contribution in [3.05, 3.63) is 11.2 Å². The van der Waals surface area contributed by atoms with Crippen LogP contribution >= 0.6 is 11.3 Å². The maximum Gasteiger partial charge on any atom is 0.356 e. The molecule has 1 fully saturated rings. The number of amides is 1. The summed E-state index contributed by atoms with van der Waals surface area (Å²) in [5, 5.41) is 11.5. The first kappa shape index (κ1) is 15.9. The number of carboxylic acid groups (broad SMARTS) is 1. The van der Waals surface area contributed by atoms with Crippen LogP contribution < -0.4 is 5.32 Å². The Labute approximate surface area is 125 Å². The van der Waals surface area contributed by atoms with Gasteiger partial charge in [0.15, 0.2) is 9.90 Å². The molecule has 2 rings (SSSR count). The highest BCUT2D eigenvalue weighted by Crippen LogP contribution is 2.28.